The molecule has 0 unspecified atom stereocenters. The minimum atomic E-state index is -0.940. The van der Waals surface area contributed by atoms with Crippen LogP contribution in [-0.4, -0.2) is 28.4 Å². The molecule has 0 aliphatic heterocycles. The second-order valence-electron chi connectivity index (χ2n) is 9.32. The second-order valence-corrected chi connectivity index (χ2v) is 9.32. The molecule has 1 fully saturated rings. The van der Waals surface area contributed by atoms with Gasteiger partial charge in [0.2, 0.25) is 0 Å². The van der Waals surface area contributed by atoms with Crippen molar-refractivity contribution in [3.8, 4) is 0 Å². The van der Waals surface area contributed by atoms with Crippen molar-refractivity contribution in [2.75, 3.05) is 0 Å². The normalized spacial score (nSPS) is 22.2. The molecule has 0 radical (unpaired) electrons. The lowest BCUT2D eigenvalue weighted by Gasteiger charge is -2.50. The zero-order chi connectivity index (χ0) is 18.1. The van der Waals surface area contributed by atoms with E-state index in [0.29, 0.717) is 12.8 Å². The molecule has 1 saturated carbocycles. The molecule has 0 aromatic rings. The highest BCUT2D eigenvalue weighted by Gasteiger charge is 2.50. The molecule has 0 heterocycles. The maximum atomic E-state index is 11.8. The summed E-state index contributed by atoms with van der Waals surface area (Å²) in [5.74, 6) is -0.940. The van der Waals surface area contributed by atoms with Crippen molar-refractivity contribution < 1.29 is 24.3 Å². The largest absolute Gasteiger partial charge is 0.481 e. The van der Waals surface area contributed by atoms with E-state index in [1.54, 1.807) is 20.8 Å². The van der Waals surface area contributed by atoms with Gasteiger partial charge in [0.25, 0.3) is 0 Å². The third-order valence-corrected chi connectivity index (χ3v) is 3.78. The van der Waals surface area contributed by atoms with E-state index in [-0.39, 0.29) is 17.3 Å². The highest BCUT2D eigenvalue weighted by Crippen LogP contribution is 2.52. The maximum absolute atomic E-state index is 11.8. The molecular weight excluding hydrogens is 298 g/mol. The highest BCUT2D eigenvalue weighted by atomic mass is 16.7. The standard InChI is InChI=1S/C17H31NO5/c1-14(2,3)22-13(21)18-23-17(8-12(19)20)10-15(4,5)9-16(6,7)11-17/h8-11H2,1-7H3,(H,18,21)(H,19,20). The summed E-state index contributed by atoms with van der Waals surface area (Å²) >= 11 is 0. The number of carboxylic acid groups (broad SMARTS) is 1. The first-order valence-electron chi connectivity index (χ1n) is 8.03. The Morgan fingerprint density at radius 2 is 1.52 bits per heavy atom. The van der Waals surface area contributed by atoms with Gasteiger partial charge < -0.3 is 9.84 Å². The maximum Gasteiger partial charge on any atom is 0.431 e. The number of rotatable bonds is 4. The summed E-state index contributed by atoms with van der Waals surface area (Å²) in [6.45, 7) is 13.7. The van der Waals surface area contributed by atoms with Gasteiger partial charge in [0.05, 0.1) is 6.42 Å². The molecular formula is C17H31NO5. The fourth-order valence-electron chi connectivity index (χ4n) is 4.18. The third kappa shape index (κ3) is 6.77. The Balaban J connectivity index is 2.91. The molecule has 1 aliphatic rings. The number of hydroxylamine groups is 1. The molecule has 23 heavy (non-hydrogen) atoms. The van der Waals surface area contributed by atoms with Crippen LogP contribution >= 0.6 is 0 Å². The first-order valence-corrected chi connectivity index (χ1v) is 8.03. The number of hydrogen-bond acceptors (Lipinski definition) is 4. The summed E-state index contributed by atoms with van der Waals surface area (Å²) in [6, 6.07) is 0. The van der Waals surface area contributed by atoms with E-state index >= 15 is 0 Å². The minimum Gasteiger partial charge on any atom is -0.481 e. The molecule has 2 N–H and O–H groups in total. The third-order valence-electron chi connectivity index (χ3n) is 3.78. The Labute approximate surface area is 138 Å². The van der Waals surface area contributed by atoms with Crippen molar-refractivity contribution in [2.24, 2.45) is 10.8 Å². The molecule has 0 bridgehead atoms. The van der Waals surface area contributed by atoms with E-state index < -0.39 is 23.3 Å². The molecule has 0 aromatic heterocycles. The Hall–Kier alpha value is -1.30. The van der Waals surface area contributed by atoms with Gasteiger partial charge in [-0.05, 0) is 50.9 Å². The zero-order valence-corrected chi connectivity index (χ0v) is 15.4. The van der Waals surface area contributed by atoms with Gasteiger partial charge in [-0.1, -0.05) is 27.7 Å². The minimum absolute atomic E-state index is 0.0766. The van der Waals surface area contributed by atoms with Crippen LogP contribution in [0.25, 0.3) is 0 Å². The first kappa shape index (κ1) is 19.7. The molecule has 0 aromatic carbocycles. The zero-order valence-electron chi connectivity index (χ0n) is 15.4. The van der Waals surface area contributed by atoms with Crippen LogP contribution in [-0.2, 0) is 14.4 Å². The number of carbonyl (C=O) groups excluding carboxylic acids is 1. The average molecular weight is 329 g/mol. The lowest BCUT2D eigenvalue weighted by atomic mass is 9.59. The van der Waals surface area contributed by atoms with Gasteiger partial charge in [-0.15, -0.1) is 0 Å². The number of hydrogen-bond donors (Lipinski definition) is 2. The van der Waals surface area contributed by atoms with E-state index in [0.717, 1.165) is 6.42 Å². The van der Waals surface area contributed by atoms with Crippen LogP contribution in [0.1, 0.15) is 74.1 Å². The summed E-state index contributed by atoms with van der Waals surface area (Å²) < 4.78 is 5.16. The summed E-state index contributed by atoms with van der Waals surface area (Å²) in [7, 11) is 0. The van der Waals surface area contributed by atoms with Crippen molar-refractivity contribution >= 4 is 12.1 Å². The van der Waals surface area contributed by atoms with Gasteiger partial charge >= 0.3 is 12.1 Å². The van der Waals surface area contributed by atoms with Crippen LogP contribution in [0.5, 0.6) is 0 Å². The number of carbonyl (C=O) groups is 2. The molecule has 0 saturated heterocycles. The van der Waals surface area contributed by atoms with Gasteiger partial charge in [0, 0.05) is 0 Å². The van der Waals surface area contributed by atoms with E-state index in [1.165, 1.54) is 0 Å². The predicted molar refractivity (Wildman–Crippen MR) is 86.9 cm³/mol. The van der Waals surface area contributed by atoms with Crippen LogP contribution in [0.3, 0.4) is 0 Å². The van der Waals surface area contributed by atoms with E-state index in [9.17, 15) is 14.7 Å². The lowest BCUT2D eigenvalue weighted by molar-refractivity contribution is -0.181. The molecule has 0 spiro atoms. The molecule has 134 valence electrons. The fourth-order valence-corrected chi connectivity index (χ4v) is 4.18. The van der Waals surface area contributed by atoms with Crippen molar-refractivity contribution in [3.05, 3.63) is 0 Å². The predicted octanol–water partition coefficient (Wildman–Crippen LogP) is 3.89. The SMILES string of the molecule is CC1(C)CC(C)(C)CC(CC(=O)O)(ONC(=O)OC(C)(C)C)C1. The van der Waals surface area contributed by atoms with Crippen molar-refractivity contribution in [3.63, 3.8) is 0 Å². The fraction of sp³-hybridized carbons (Fsp3) is 0.882. The number of ether oxygens (including phenoxy) is 1. The van der Waals surface area contributed by atoms with Gasteiger partial charge in [-0.2, -0.15) is 5.48 Å². The molecule has 1 aliphatic carbocycles. The van der Waals surface area contributed by atoms with Gasteiger partial charge in [0.1, 0.15) is 11.2 Å². The van der Waals surface area contributed by atoms with Gasteiger partial charge in [-0.25, -0.2) is 4.79 Å². The van der Waals surface area contributed by atoms with Crippen LogP contribution in [0.2, 0.25) is 0 Å². The van der Waals surface area contributed by atoms with Gasteiger partial charge in [-0.3, -0.25) is 9.63 Å². The smallest absolute Gasteiger partial charge is 0.431 e. The van der Waals surface area contributed by atoms with Crippen LogP contribution in [0.4, 0.5) is 4.79 Å². The van der Waals surface area contributed by atoms with E-state index in [1.807, 2.05) is 0 Å². The number of carboxylic acids is 1. The average Bonchev–Trinajstić information content (AvgIpc) is 2.18. The Bertz CT molecular complexity index is 446. The van der Waals surface area contributed by atoms with E-state index in [4.69, 9.17) is 9.57 Å². The van der Waals surface area contributed by atoms with Crippen molar-refractivity contribution in [1.29, 1.82) is 0 Å². The summed E-state index contributed by atoms with van der Waals surface area (Å²) in [6.07, 6.45) is 1.23. The summed E-state index contributed by atoms with van der Waals surface area (Å²) in [5.41, 5.74) is 0.576. The molecule has 1 rings (SSSR count). The Kier molecular flexibility index (Phi) is 5.41. The number of amides is 1. The van der Waals surface area contributed by atoms with Crippen LogP contribution < -0.4 is 5.48 Å². The topological polar surface area (TPSA) is 84.9 Å². The molecule has 6 nitrogen and oxygen atoms in total. The highest BCUT2D eigenvalue weighted by molar-refractivity contribution is 5.69. The second kappa shape index (κ2) is 6.30. The van der Waals surface area contributed by atoms with Crippen LogP contribution in [0.15, 0.2) is 0 Å². The summed E-state index contributed by atoms with van der Waals surface area (Å²) in [5, 5.41) is 9.30. The van der Waals surface area contributed by atoms with Crippen molar-refractivity contribution in [2.45, 2.75) is 85.4 Å². The first-order chi connectivity index (χ1) is 10.1. The van der Waals surface area contributed by atoms with E-state index in [2.05, 4.69) is 33.2 Å². The monoisotopic (exact) mass is 329 g/mol. The number of aliphatic carboxylic acids is 1. The Morgan fingerprint density at radius 1 is 1.04 bits per heavy atom. The number of nitrogens with one attached hydrogen (secondary N) is 1. The van der Waals surface area contributed by atoms with Crippen molar-refractivity contribution in [1.82, 2.24) is 5.48 Å². The summed E-state index contributed by atoms with van der Waals surface area (Å²) in [4.78, 5) is 28.8. The quantitative estimate of drug-likeness (QED) is 0.764. The molecule has 0 atom stereocenters. The lowest BCUT2D eigenvalue weighted by Crippen LogP contribution is -2.52. The van der Waals surface area contributed by atoms with Crippen LogP contribution in [0, 0.1) is 10.8 Å². The molecule has 1 amide bonds. The van der Waals surface area contributed by atoms with Gasteiger partial charge in [0.15, 0.2) is 0 Å². The molecule has 6 heteroatoms. The Morgan fingerprint density at radius 3 is 1.91 bits per heavy atom.